The van der Waals surface area contributed by atoms with E-state index in [1.165, 1.54) is 6.08 Å². The number of carbonyl (C=O) groups is 1. The maximum atomic E-state index is 10.9. The van der Waals surface area contributed by atoms with Crippen molar-refractivity contribution in [3.05, 3.63) is 12.2 Å². The third-order valence-electron chi connectivity index (χ3n) is 1.18. The van der Waals surface area contributed by atoms with E-state index >= 15 is 0 Å². The molecule has 0 radical (unpaired) electrons. The zero-order chi connectivity index (χ0) is 9.40. The third-order valence-corrected chi connectivity index (χ3v) is 1.18. The summed E-state index contributed by atoms with van der Waals surface area (Å²) in [6.45, 7) is 6.02. The number of carbonyl (C=O) groups excluding carboxylic acids is 2. The number of nitrogens with one attached hydrogen (secondary N) is 1. The van der Waals surface area contributed by atoms with E-state index in [0.717, 1.165) is 0 Å². The van der Waals surface area contributed by atoms with Crippen LogP contribution >= 0.6 is 0 Å². The molecule has 0 fully saturated rings. The van der Waals surface area contributed by atoms with Crippen LogP contribution in [0.3, 0.4) is 0 Å². The topological polar surface area (TPSA) is 58.5 Å². The first kappa shape index (κ1) is 10.6. The lowest BCUT2D eigenvalue weighted by atomic mass is 10.3. The molecule has 4 nitrogen and oxygen atoms in total. The second-order valence-corrected chi connectivity index (χ2v) is 2.36. The van der Waals surface area contributed by atoms with Crippen molar-refractivity contribution in [1.29, 1.82) is 0 Å². The molecule has 0 bridgehead atoms. The Labute approximate surface area is 71.4 Å². The summed E-state index contributed by atoms with van der Waals surface area (Å²) in [5.74, 6) is -0.162. The van der Waals surface area contributed by atoms with E-state index in [1.807, 2.05) is 0 Å². The molecule has 0 aliphatic rings. The normalized spacial score (nSPS) is 8.42. The highest BCUT2D eigenvalue weighted by molar-refractivity contribution is 5.91. The van der Waals surface area contributed by atoms with Crippen molar-refractivity contribution in [3.63, 3.8) is 0 Å². The number of nitrogens with zero attached hydrogens (tertiary/aromatic N) is 1. The van der Waals surface area contributed by atoms with Crippen LogP contribution in [0.1, 0.15) is 13.3 Å². The van der Waals surface area contributed by atoms with Gasteiger partial charge >= 0.3 is 0 Å². The van der Waals surface area contributed by atoms with Crippen LogP contribution in [-0.2, 0) is 9.59 Å². The molecule has 0 spiro atoms. The first-order valence-corrected chi connectivity index (χ1v) is 3.66. The smallest absolute Gasteiger partial charge is 0.246 e. The van der Waals surface area contributed by atoms with Gasteiger partial charge in [0.15, 0.2) is 0 Å². The zero-order valence-electron chi connectivity index (χ0n) is 7.09. The summed E-state index contributed by atoms with van der Waals surface area (Å²) in [7, 11) is 0. The summed E-state index contributed by atoms with van der Waals surface area (Å²) in [4.78, 5) is 23.8. The molecular weight excluding hydrogens is 156 g/mol. The van der Waals surface area contributed by atoms with Gasteiger partial charge in [-0.2, -0.15) is 0 Å². The molecule has 66 valence electrons. The van der Waals surface area contributed by atoms with Crippen LogP contribution in [0.5, 0.6) is 0 Å². The molecule has 1 N–H and O–H groups in total. The van der Waals surface area contributed by atoms with E-state index in [-0.39, 0.29) is 5.91 Å². The van der Waals surface area contributed by atoms with Crippen LogP contribution < -0.4 is 5.32 Å². The quantitative estimate of drug-likeness (QED) is 0.279. The van der Waals surface area contributed by atoms with E-state index in [4.69, 9.17) is 0 Å². The zero-order valence-corrected chi connectivity index (χ0v) is 7.09. The molecule has 12 heavy (non-hydrogen) atoms. The fourth-order valence-electron chi connectivity index (χ4n) is 0.557. The second-order valence-electron chi connectivity index (χ2n) is 2.36. The van der Waals surface area contributed by atoms with Gasteiger partial charge in [0, 0.05) is 12.1 Å². The Balaban J connectivity index is 3.37. The van der Waals surface area contributed by atoms with Crippen molar-refractivity contribution in [2.45, 2.75) is 13.3 Å². The Morgan fingerprint density at radius 3 is 2.83 bits per heavy atom. The van der Waals surface area contributed by atoms with Gasteiger partial charge in [-0.1, -0.05) is 6.58 Å². The minimum absolute atomic E-state index is 0.162. The lowest BCUT2D eigenvalue weighted by molar-refractivity contribution is -0.117. The highest BCUT2D eigenvalue weighted by atomic mass is 16.1. The predicted octanol–water partition coefficient (Wildman–Crippen LogP) is 0.405. The Kier molecular flexibility index (Phi) is 5.57. The molecule has 1 amide bonds. The van der Waals surface area contributed by atoms with Crippen LogP contribution in [0.4, 0.5) is 0 Å². The van der Waals surface area contributed by atoms with Crippen LogP contribution in [0, 0.1) is 0 Å². The van der Waals surface area contributed by atoms with Crippen molar-refractivity contribution in [3.8, 4) is 0 Å². The molecule has 4 heteroatoms. The van der Waals surface area contributed by atoms with E-state index in [0.29, 0.717) is 25.1 Å². The van der Waals surface area contributed by atoms with Gasteiger partial charge in [-0.05, 0) is 13.3 Å². The Hall–Kier alpha value is -1.41. The molecule has 0 saturated carbocycles. The first-order chi connectivity index (χ1) is 5.68. The lowest BCUT2D eigenvalue weighted by Crippen LogP contribution is -2.25. The van der Waals surface area contributed by atoms with Crippen LogP contribution in [0.15, 0.2) is 17.1 Å². The molecule has 0 aliphatic carbocycles. The van der Waals surface area contributed by atoms with Crippen molar-refractivity contribution in [1.82, 2.24) is 5.32 Å². The standard InChI is InChI=1S/C8H12N2O2/c1-7(2)8(12)10-5-3-4-9-6-11/h1,3-5H2,2H3,(H,10,12). The lowest BCUT2D eigenvalue weighted by Gasteiger charge is -2.01. The largest absolute Gasteiger partial charge is 0.352 e. The number of rotatable bonds is 5. The van der Waals surface area contributed by atoms with Gasteiger partial charge in [-0.3, -0.25) is 4.79 Å². The van der Waals surface area contributed by atoms with Gasteiger partial charge in [0.2, 0.25) is 12.0 Å². The van der Waals surface area contributed by atoms with E-state index in [2.05, 4.69) is 16.9 Å². The number of isocyanates is 1. The average Bonchev–Trinajstić information content (AvgIpc) is 2.03. The molecule has 0 aromatic rings. The summed E-state index contributed by atoms with van der Waals surface area (Å²) in [5, 5.41) is 2.61. The van der Waals surface area contributed by atoms with Crippen molar-refractivity contribution < 1.29 is 9.59 Å². The highest BCUT2D eigenvalue weighted by Gasteiger charge is 1.98. The molecular formula is C8H12N2O2. The van der Waals surface area contributed by atoms with Crippen LogP contribution in [-0.4, -0.2) is 25.1 Å². The van der Waals surface area contributed by atoms with Crippen molar-refractivity contribution in [2.24, 2.45) is 4.99 Å². The maximum absolute atomic E-state index is 10.9. The fourth-order valence-corrected chi connectivity index (χ4v) is 0.557. The molecule has 0 saturated heterocycles. The van der Waals surface area contributed by atoms with Gasteiger partial charge in [-0.15, -0.1) is 0 Å². The predicted molar refractivity (Wildman–Crippen MR) is 45.4 cm³/mol. The monoisotopic (exact) mass is 168 g/mol. The molecule has 0 heterocycles. The fraction of sp³-hybridized carbons (Fsp3) is 0.500. The molecule has 0 unspecified atom stereocenters. The minimum atomic E-state index is -0.162. The van der Waals surface area contributed by atoms with E-state index in [1.54, 1.807) is 6.92 Å². The first-order valence-electron chi connectivity index (χ1n) is 3.66. The van der Waals surface area contributed by atoms with E-state index in [9.17, 15) is 9.59 Å². The number of aliphatic imine (C=N–C) groups is 1. The Morgan fingerprint density at radius 2 is 2.33 bits per heavy atom. The van der Waals surface area contributed by atoms with Gasteiger partial charge in [0.1, 0.15) is 0 Å². The Morgan fingerprint density at radius 1 is 1.67 bits per heavy atom. The molecule has 0 aliphatic heterocycles. The molecule has 0 rings (SSSR count). The van der Waals surface area contributed by atoms with Crippen molar-refractivity contribution >= 4 is 12.0 Å². The van der Waals surface area contributed by atoms with Gasteiger partial charge in [-0.25, -0.2) is 9.79 Å². The van der Waals surface area contributed by atoms with Crippen LogP contribution in [0.25, 0.3) is 0 Å². The van der Waals surface area contributed by atoms with E-state index < -0.39 is 0 Å². The Bertz CT molecular complexity index is 217. The van der Waals surface area contributed by atoms with Gasteiger partial charge in [0.25, 0.3) is 0 Å². The highest BCUT2D eigenvalue weighted by Crippen LogP contribution is 1.85. The summed E-state index contributed by atoms with van der Waals surface area (Å²) in [6, 6.07) is 0. The second kappa shape index (κ2) is 6.31. The SMILES string of the molecule is C=C(C)C(=O)NCCCN=C=O. The molecule has 0 atom stereocenters. The number of hydrogen-bond donors (Lipinski definition) is 1. The summed E-state index contributed by atoms with van der Waals surface area (Å²) in [6.07, 6.45) is 2.07. The number of amides is 1. The van der Waals surface area contributed by atoms with Gasteiger partial charge in [0.05, 0.1) is 6.54 Å². The maximum Gasteiger partial charge on any atom is 0.246 e. The summed E-state index contributed by atoms with van der Waals surface area (Å²) >= 11 is 0. The summed E-state index contributed by atoms with van der Waals surface area (Å²) in [5.41, 5.74) is 0.480. The number of hydrogen-bond acceptors (Lipinski definition) is 3. The minimum Gasteiger partial charge on any atom is -0.352 e. The summed E-state index contributed by atoms with van der Waals surface area (Å²) < 4.78 is 0. The average molecular weight is 168 g/mol. The third kappa shape index (κ3) is 5.38. The molecule has 0 aromatic heterocycles. The van der Waals surface area contributed by atoms with Gasteiger partial charge < -0.3 is 5.32 Å². The molecule has 0 aromatic carbocycles. The van der Waals surface area contributed by atoms with Crippen LogP contribution in [0.2, 0.25) is 0 Å². The van der Waals surface area contributed by atoms with Crippen molar-refractivity contribution in [2.75, 3.05) is 13.1 Å².